The highest BCUT2D eigenvalue weighted by Crippen LogP contribution is 2.40. The van der Waals surface area contributed by atoms with Gasteiger partial charge in [0.05, 0.1) is 30.4 Å². The van der Waals surface area contributed by atoms with Gasteiger partial charge in [-0.05, 0) is 76.7 Å². The van der Waals surface area contributed by atoms with Gasteiger partial charge in [0.1, 0.15) is 5.60 Å². The van der Waals surface area contributed by atoms with Crippen LogP contribution in [0.25, 0.3) is 0 Å². The van der Waals surface area contributed by atoms with Crippen LogP contribution >= 0.6 is 0 Å². The van der Waals surface area contributed by atoms with Crippen LogP contribution in [0, 0.1) is 5.92 Å². The Morgan fingerprint density at radius 3 is 2.21 bits per heavy atom. The van der Waals surface area contributed by atoms with Crippen LogP contribution in [0.2, 0.25) is 18.1 Å². The van der Waals surface area contributed by atoms with Crippen molar-refractivity contribution in [3.63, 3.8) is 0 Å². The minimum absolute atomic E-state index is 0.00272. The zero-order valence-electron chi connectivity index (χ0n) is 26.4. The molecule has 3 aliphatic rings. The maximum absolute atomic E-state index is 13.5. The third-order valence-corrected chi connectivity index (χ3v) is 13.1. The molecule has 0 saturated carbocycles. The molecular formula is C31H48N2O8Si. The number of likely N-dealkylation sites (tertiary alicyclic amines) is 1. The molecule has 10 nitrogen and oxygen atoms in total. The summed E-state index contributed by atoms with van der Waals surface area (Å²) in [6.45, 7) is 17.7. The average molecular weight is 605 g/mol. The van der Waals surface area contributed by atoms with Gasteiger partial charge < -0.3 is 23.5 Å². The highest BCUT2D eigenvalue weighted by molar-refractivity contribution is 6.74. The van der Waals surface area contributed by atoms with Crippen molar-refractivity contribution in [2.75, 3.05) is 26.4 Å². The van der Waals surface area contributed by atoms with Crippen molar-refractivity contribution >= 4 is 26.2 Å². The van der Waals surface area contributed by atoms with Crippen LogP contribution in [0.1, 0.15) is 87.9 Å². The molecule has 4 rings (SSSR count). The van der Waals surface area contributed by atoms with Gasteiger partial charge >= 0.3 is 6.09 Å². The number of hydroxylamine groups is 2. The maximum atomic E-state index is 13.5. The predicted octanol–water partition coefficient (Wildman–Crippen LogP) is 5.77. The number of benzene rings is 1. The molecule has 0 spiro atoms. The Hall–Kier alpha value is -2.31. The number of hydrogen-bond donors (Lipinski definition) is 0. The Labute approximate surface area is 251 Å². The molecule has 1 aromatic carbocycles. The van der Waals surface area contributed by atoms with Gasteiger partial charge in [-0.15, -0.1) is 5.06 Å². The van der Waals surface area contributed by atoms with Gasteiger partial charge in [0.25, 0.3) is 11.8 Å². The predicted molar refractivity (Wildman–Crippen MR) is 159 cm³/mol. The Balaban J connectivity index is 1.57. The largest absolute Gasteiger partial charge is 0.444 e. The number of fused-ring (bicyclic) bond motifs is 1. The van der Waals surface area contributed by atoms with Crippen LogP contribution in [-0.4, -0.2) is 86.6 Å². The highest BCUT2D eigenvalue weighted by atomic mass is 28.4. The topological polar surface area (TPSA) is 104 Å². The third-order valence-electron chi connectivity index (χ3n) is 8.55. The number of carbonyl (C=O) groups excluding carboxylic acids is 3. The van der Waals surface area contributed by atoms with Crippen LogP contribution in [0.3, 0.4) is 0 Å². The summed E-state index contributed by atoms with van der Waals surface area (Å²) in [6, 6.07) is 6.30. The van der Waals surface area contributed by atoms with Crippen LogP contribution in [-0.2, 0) is 23.5 Å². The number of carbonyl (C=O) groups is 3. The second kappa shape index (κ2) is 12.7. The van der Waals surface area contributed by atoms with Gasteiger partial charge in [0, 0.05) is 25.1 Å². The van der Waals surface area contributed by atoms with Gasteiger partial charge in [-0.2, -0.15) is 0 Å². The summed E-state index contributed by atoms with van der Waals surface area (Å²) in [6.07, 6.45) is 2.35. The first-order valence-electron chi connectivity index (χ1n) is 15.1. The van der Waals surface area contributed by atoms with Gasteiger partial charge in [-0.1, -0.05) is 32.9 Å². The van der Waals surface area contributed by atoms with Crippen molar-refractivity contribution in [3.05, 3.63) is 35.4 Å². The van der Waals surface area contributed by atoms with Crippen molar-refractivity contribution in [1.29, 1.82) is 0 Å². The number of hydrogen-bond acceptors (Lipinski definition) is 8. The molecule has 0 radical (unpaired) electrons. The zero-order chi connectivity index (χ0) is 30.9. The number of ether oxygens (including phenoxy) is 3. The van der Waals surface area contributed by atoms with E-state index in [0.717, 1.165) is 24.3 Å². The maximum Gasteiger partial charge on any atom is 0.410 e. The van der Waals surface area contributed by atoms with E-state index in [4.69, 9.17) is 23.5 Å². The molecule has 3 amide bonds. The Morgan fingerprint density at radius 1 is 1.02 bits per heavy atom. The molecule has 234 valence electrons. The van der Waals surface area contributed by atoms with Gasteiger partial charge in [-0.3, -0.25) is 14.4 Å². The van der Waals surface area contributed by atoms with Crippen LogP contribution < -0.4 is 0 Å². The minimum Gasteiger partial charge on any atom is -0.444 e. The summed E-state index contributed by atoms with van der Waals surface area (Å²) in [7, 11) is -2.14. The van der Waals surface area contributed by atoms with E-state index in [1.54, 1.807) is 29.2 Å². The number of nitrogens with zero attached hydrogens (tertiary/aromatic N) is 2. The molecule has 0 aliphatic carbocycles. The molecule has 11 heteroatoms. The van der Waals surface area contributed by atoms with E-state index in [2.05, 4.69) is 33.9 Å². The van der Waals surface area contributed by atoms with Gasteiger partial charge in [0.2, 0.25) is 0 Å². The van der Waals surface area contributed by atoms with E-state index < -0.39 is 31.8 Å². The van der Waals surface area contributed by atoms with Crippen LogP contribution in [0.4, 0.5) is 4.79 Å². The first-order chi connectivity index (χ1) is 19.6. The fourth-order valence-electron chi connectivity index (χ4n) is 5.28. The van der Waals surface area contributed by atoms with E-state index in [0.29, 0.717) is 30.7 Å². The normalized spacial score (nSPS) is 24.2. The molecule has 42 heavy (non-hydrogen) atoms. The van der Waals surface area contributed by atoms with E-state index in [1.165, 1.54) is 0 Å². The number of rotatable bonds is 9. The van der Waals surface area contributed by atoms with E-state index in [1.807, 2.05) is 20.8 Å². The second-order valence-corrected chi connectivity index (χ2v) is 18.8. The third kappa shape index (κ3) is 7.60. The summed E-state index contributed by atoms with van der Waals surface area (Å²) in [5.41, 5.74) is -0.0616. The van der Waals surface area contributed by atoms with E-state index in [-0.39, 0.29) is 42.6 Å². The van der Waals surface area contributed by atoms with Crippen molar-refractivity contribution in [1.82, 2.24) is 9.96 Å². The van der Waals surface area contributed by atoms with Crippen molar-refractivity contribution in [2.24, 2.45) is 5.92 Å². The van der Waals surface area contributed by atoms with Gasteiger partial charge in [-0.25, -0.2) is 4.79 Å². The first kappa shape index (κ1) is 32.6. The minimum atomic E-state index is -2.14. The number of amides is 3. The summed E-state index contributed by atoms with van der Waals surface area (Å²) in [5, 5.41) is 0.822. The molecule has 3 aliphatic heterocycles. The van der Waals surface area contributed by atoms with E-state index >= 15 is 0 Å². The molecule has 2 saturated heterocycles. The quantitative estimate of drug-likeness (QED) is 0.258. The molecule has 0 N–H and O–H groups in total. The standard InChI is InChI=1S/C31H48N2O8Si/c1-30(2,3)40-29(36)32-18-22(41-42(7,8)31(4,5)6)17-25(32)21(19-38-26-15-11-12-16-37-26)20-39-33-27(34)23-13-9-10-14-24(23)28(33)35/h9-10,13-14,21-22,25-26H,11-12,15-20H2,1-8H3/t21-,22+,25-,26?/m0/s1. The Kier molecular flexibility index (Phi) is 9.88. The zero-order valence-corrected chi connectivity index (χ0v) is 27.4. The fourth-order valence-corrected chi connectivity index (χ4v) is 6.64. The average Bonchev–Trinajstić information content (AvgIpc) is 3.42. The monoisotopic (exact) mass is 604 g/mol. The Bertz CT molecular complexity index is 1100. The number of imide groups is 1. The van der Waals surface area contributed by atoms with Crippen molar-refractivity contribution in [2.45, 2.75) is 109 Å². The molecule has 3 heterocycles. The SMILES string of the molecule is CC(C)(C)OC(=O)N1C[C@H](O[Si](C)(C)C(C)(C)C)C[C@H]1[C@@H](COC1CCCCO1)CON1C(=O)c2ccccc2C1=O. The molecule has 0 aromatic heterocycles. The smallest absolute Gasteiger partial charge is 0.410 e. The van der Waals surface area contributed by atoms with Crippen LogP contribution in [0.15, 0.2) is 24.3 Å². The van der Waals surface area contributed by atoms with Crippen molar-refractivity contribution < 1.29 is 37.9 Å². The Morgan fingerprint density at radius 2 is 1.67 bits per heavy atom. The lowest BCUT2D eigenvalue weighted by atomic mass is 9.98. The summed E-state index contributed by atoms with van der Waals surface area (Å²) in [4.78, 5) is 47.2. The lowest BCUT2D eigenvalue weighted by molar-refractivity contribution is -0.182. The molecule has 0 bridgehead atoms. The van der Waals surface area contributed by atoms with Crippen molar-refractivity contribution in [3.8, 4) is 0 Å². The fraction of sp³-hybridized carbons (Fsp3) is 0.710. The molecular weight excluding hydrogens is 556 g/mol. The first-order valence-corrected chi connectivity index (χ1v) is 18.0. The van der Waals surface area contributed by atoms with E-state index in [9.17, 15) is 14.4 Å². The summed E-state index contributed by atoms with van der Waals surface area (Å²) in [5.74, 6) is -1.39. The molecule has 2 fully saturated rings. The van der Waals surface area contributed by atoms with Crippen LogP contribution in [0.5, 0.6) is 0 Å². The summed E-state index contributed by atoms with van der Waals surface area (Å²) >= 11 is 0. The molecule has 4 atom stereocenters. The lowest BCUT2D eigenvalue weighted by Crippen LogP contribution is -2.47. The molecule has 1 unspecified atom stereocenters. The second-order valence-electron chi connectivity index (χ2n) is 14.1. The molecule has 1 aromatic rings. The lowest BCUT2D eigenvalue weighted by Gasteiger charge is -2.38. The summed E-state index contributed by atoms with van der Waals surface area (Å²) < 4.78 is 24.6. The highest BCUT2D eigenvalue weighted by Gasteiger charge is 2.47. The van der Waals surface area contributed by atoms with Gasteiger partial charge in [0.15, 0.2) is 14.6 Å².